The molecule has 1 saturated heterocycles. The van der Waals surface area contributed by atoms with Crippen LogP contribution in [0.25, 0.3) is 11.4 Å². The summed E-state index contributed by atoms with van der Waals surface area (Å²) in [5, 5.41) is 7.20. The number of carbonyl (C=O) groups is 1. The fraction of sp³-hybridized carbons (Fsp3) is 0.286. The second-order valence-electron chi connectivity index (χ2n) is 7.11. The maximum Gasteiger partial charge on any atom is 0.243 e. The summed E-state index contributed by atoms with van der Waals surface area (Å²) >= 11 is 8.94. The van der Waals surface area contributed by atoms with E-state index in [1.165, 1.54) is 0 Å². The number of H-pyrrole nitrogens is 1. The normalized spacial score (nSPS) is 16.5. The van der Waals surface area contributed by atoms with Crippen molar-refractivity contribution in [1.29, 1.82) is 0 Å². The zero-order valence-corrected chi connectivity index (χ0v) is 18.0. The van der Waals surface area contributed by atoms with Gasteiger partial charge in [-0.25, -0.2) is 0 Å². The third kappa shape index (κ3) is 3.82. The maximum atomic E-state index is 13.2. The fourth-order valence-electron chi connectivity index (χ4n) is 3.82. The predicted octanol–water partition coefficient (Wildman–Crippen LogP) is 5.04. The highest BCUT2D eigenvalue weighted by molar-refractivity contribution is 9.10. The van der Waals surface area contributed by atoms with E-state index in [2.05, 4.69) is 38.3 Å². The molecule has 1 aliphatic heterocycles. The Hall–Kier alpha value is -2.25. The molecule has 2 aromatic carbocycles. The number of benzene rings is 2. The van der Waals surface area contributed by atoms with E-state index in [0.717, 1.165) is 40.5 Å². The van der Waals surface area contributed by atoms with Crippen molar-refractivity contribution in [3.63, 3.8) is 0 Å². The molecule has 0 radical (unpaired) electrons. The van der Waals surface area contributed by atoms with Gasteiger partial charge in [0.2, 0.25) is 5.91 Å². The number of hydrogen-bond acceptors (Lipinski definition) is 3. The summed E-state index contributed by atoms with van der Waals surface area (Å²) in [6.07, 6.45) is 1.98. The molecule has 1 fully saturated rings. The lowest BCUT2D eigenvalue weighted by Gasteiger charge is -2.25. The van der Waals surface area contributed by atoms with Crippen molar-refractivity contribution in [2.24, 2.45) is 0 Å². The summed E-state index contributed by atoms with van der Waals surface area (Å²) < 4.78 is 3.29. The first kappa shape index (κ1) is 19.1. The van der Waals surface area contributed by atoms with Crippen molar-refractivity contribution in [1.82, 2.24) is 19.7 Å². The number of nitrogens with zero attached hydrogens (tertiary/aromatic N) is 3. The molecule has 1 aliphatic rings. The molecule has 1 atom stereocenters. The molecule has 0 bridgehead atoms. The minimum atomic E-state index is 0.0638. The van der Waals surface area contributed by atoms with Gasteiger partial charge in [0.05, 0.1) is 6.04 Å². The molecule has 4 rings (SSSR count). The summed E-state index contributed by atoms with van der Waals surface area (Å²) in [6.45, 7) is 2.98. The predicted molar refractivity (Wildman–Crippen MR) is 115 cm³/mol. The van der Waals surface area contributed by atoms with Crippen molar-refractivity contribution < 1.29 is 4.79 Å². The average molecular weight is 457 g/mol. The molecular weight excluding hydrogens is 436 g/mol. The van der Waals surface area contributed by atoms with Crippen LogP contribution in [0.4, 0.5) is 0 Å². The van der Waals surface area contributed by atoms with E-state index < -0.39 is 0 Å². The lowest BCUT2D eigenvalue weighted by Crippen LogP contribution is -2.33. The molecule has 2 heterocycles. The Bertz CT molecular complexity index is 1070. The van der Waals surface area contributed by atoms with Crippen LogP contribution in [0.2, 0.25) is 0 Å². The monoisotopic (exact) mass is 456 g/mol. The number of rotatable bonds is 4. The highest BCUT2D eigenvalue weighted by Crippen LogP contribution is 2.33. The summed E-state index contributed by atoms with van der Waals surface area (Å²) in [5.74, 6) is 0.758. The second-order valence-corrected chi connectivity index (χ2v) is 8.41. The number of aromatic amines is 1. The van der Waals surface area contributed by atoms with Crippen LogP contribution in [0.15, 0.2) is 53.0 Å². The van der Waals surface area contributed by atoms with Gasteiger partial charge >= 0.3 is 0 Å². The Morgan fingerprint density at radius 3 is 2.89 bits per heavy atom. The van der Waals surface area contributed by atoms with Crippen molar-refractivity contribution in [3.05, 3.63) is 68.9 Å². The van der Waals surface area contributed by atoms with Crippen LogP contribution >= 0.6 is 28.1 Å². The number of carbonyl (C=O) groups excluding carboxylic acids is 1. The second kappa shape index (κ2) is 8.01. The molecule has 0 saturated carbocycles. The Kier molecular flexibility index (Phi) is 5.46. The van der Waals surface area contributed by atoms with Gasteiger partial charge in [0.15, 0.2) is 10.6 Å². The van der Waals surface area contributed by atoms with Crippen LogP contribution in [0.1, 0.15) is 30.0 Å². The number of likely N-dealkylation sites (tertiary alicyclic amines) is 1. The number of aryl methyl sites for hydroxylation is 1. The molecule has 144 valence electrons. The molecule has 1 aromatic heterocycles. The first-order chi connectivity index (χ1) is 13.5. The highest BCUT2D eigenvalue weighted by Gasteiger charge is 2.30. The third-order valence-electron chi connectivity index (χ3n) is 5.13. The molecule has 0 aliphatic carbocycles. The average Bonchev–Trinajstić information content (AvgIpc) is 3.29. The van der Waals surface area contributed by atoms with Crippen molar-refractivity contribution in [2.45, 2.75) is 32.4 Å². The SMILES string of the molecule is Cc1cccc(-c2n[nH]c(=S)n2CC(=O)N2CCCC2c2cccc(Br)c2)c1. The third-order valence-corrected chi connectivity index (χ3v) is 5.94. The summed E-state index contributed by atoms with van der Waals surface area (Å²) in [7, 11) is 0. The molecule has 1 N–H and O–H groups in total. The zero-order chi connectivity index (χ0) is 19.7. The Balaban J connectivity index is 1.60. The Morgan fingerprint density at radius 1 is 1.29 bits per heavy atom. The van der Waals surface area contributed by atoms with Crippen molar-refractivity contribution in [3.8, 4) is 11.4 Å². The maximum absolute atomic E-state index is 13.2. The molecule has 1 unspecified atom stereocenters. The van der Waals surface area contributed by atoms with Gasteiger partial charge in [-0.2, -0.15) is 5.10 Å². The van der Waals surface area contributed by atoms with Gasteiger partial charge in [0.25, 0.3) is 0 Å². The lowest BCUT2D eigenvalue weighted by atomic mass is 10.0. The van der Waals surface area contributed by atoms with Crippen molar-refractivity contribution in [2.75, 3.05) is 6.54 Å². The van der Waals surface area contributed by atoms with E-state index in [1.54, 1.807) is 4.57 Å². The molecule has 1 amide bonds. The van der Waals surface area contributed by atoms with E-state index in [-0.39, 0.29) is 18.5 Å². The molecule has 3 aromatic rings. The van der Waals surface area contributed by atoms with Gasteiger partial charge < -0.3 is 4.90 Å². The first-order valence-corrected chi connectivity index (χ1v) is 10.5. The molecule has 0 spiro atoms. The first-order valence-electron chi connectivity index (χ1n) is 9.30. The minimum absolute atomic E-state index is 0.0638. The topological polar surface area (TPSA) is 53.9 Å². The Morgan fingerprint density at radius 2 is 2.11 bits per heavy atom. The molecular formula is C21H21BrN4OS. The largest absolute Gasteiger partial charge is 0.334 e. The number of amides is 1. The van der Waals surface area contributed by atoms with Crippen LogP contribution in [0.3, 0.4) is 0 Å². The number of hydrogen-bond donors (Lipinski definition) is 1. The quantitative estimate of drug-likeness (QED) is 0.559. The van der Waals surface area contributed by atoms with E-state index in [9.17, 15) is 4.79 Å². The van der Waals surface area contributed by atoms with Crippen LogP contribution in [0, 0.1) is 11.7 Å². The van der Waals surface area contributed by atoms with Crippen LogP contribution in [-0.4, -0.2) is 32.1 Å². The number of nitrogens with one attached hydrogen (secondary N) is 1. The minimum Gasteiger partial charge on any atom is -0.334 e. The molecule has 5 nitrogen and oxygen atoms in total. The smallest absolute Gasteiger partial charge is 0.243 e. The Labute approximate surface area is 177 Å². The molecule has 28 heavy (non-hydrogen) atoms. The number of aromatic nitrogens is 3. The van der Waals surface area contributed by atoms with E-state index in [4.69, 9.17) is 12.2 Å². The van der Waals surface area contributed by atoms with E-state index in [0.29, 0.717) is 10.6 Å². The van der Waals surface area contributed by atoms with Gasteiger partial charge in [-0.3, -0.25) is 14.5 Å². The summed E-state index contributed by atoms with van der Waals surface area (Å²) in [6, 6.07) is 16.4. The van der Waals surface area contributed by atoms with Gasteiger partial charge in [0.1, 0.15) is 6.54 Å². The van der Waals surface area contributed by atoms with Crippen molar-refractivity contribution >= 4 is 34.1 Å². The molecule has 7 heteroatoms. The lowest BCUT2D eigenvalue weighted by molar-refractivity contribution is -0.132. The standard InChI is InChI=1S/C21H21BrN4OS/c1-14-5-2-7-16(11-14)20-23-24-21(28)26(20)13-19(27)25-10-4-9-18(25)15-6-3-8-17(22)12-15/h2-3,5-8,11-12,18H,4,9-10,13H2,1H3,(H,24,28). The zero-order valence-electron chi connectivity index (χ0n) is 15.6. The van der Waals surface area contributed by atoms with E-state index >= 15 is 0 Å². The van der Waals surface area contributed by atoms with Gasteiger partial charge in [-0.1, -0.05) is 51.8 Å². The van der Waals surface area contributed by atoms with Gasteiger partial charge in [-0.15, -0.1) is 0 Å². The highest BCUT2D eigenvalue weighted by atomic mass is 79.9. The summed E-state index contributed by atoms with van der Waals surface area (Å²) in [5.41, 5.74) is 3.25. The van der Waals surface area contributed by atoms with E-state index in [1.807, 2.05) is 48.2 Å². The number of halogens is 1. The van der Waals surface area contributed by atoms with Crippen LogP contribution in [-0.2, 0) is 11.3 Å². The van der Waals surface area contributed by atoms with Crippen LogP contribution < -0.4 is 0 Å². The van der Waals surface area contributed by atoms with Gasteiger partial charge in [0, 0.05) is 16.6 Å². The van der Waals surface area contributed by atoms with Gasteiger partial charge in [-0.05, 0) is 55.7 Å². The van der Waals surface area contributed by atoms with Crippen LogP contribution in [0.5, 0.6) is 0 Å². The summed E-state index contributed by atoms with van der Waals surface area (Å²) in [4.78, 5) is 15.2. The fourth-order valence-corrected chi connectivity index (χ4v) is 4.43.